The van der Waals surface area contributed by atoms with Gasteiger partial charge in [0.2, 0.25) is 0 Å². The van der Waals surface area contributed by atoms with Crippen molar-refractivity contribution >= 4 is 18.4 Å². The zero-order chi connectivity index (χ0) is 20.6. The number of aliphatic hydroxyl groups is 1. The fourth-order valence-electron chi connectivity index (χ4n) is 2.10. The predicted molar refractivity (Wildman–Crippen MR) is 105 cm³/mol. The lowest BCUT2D eigenvalue weighted by molar-refractivity contribution is -0.113. The van der Waals surface area contributed by atoms with E-state index < -0.39 is 36.7 Å². The van der Waals surface area contributed by atoms with E-state index in [1.165, 1.54) is 7.11 Å². The molecule has 7 nitrogen and oxygen atoms in total. The number of rotatable bonds is 13. The third-order valence-electron chi connectivity index (χ3n) is 4.65. The zero-order valence-electron chi connectivity index (χ0n) is 17.6. The first-order valence-corrected chi connectivity index (χ1v) is 13.7. The van der Waals surface area contributed by atoms with Crippen LogP contribution in [0, 0.1) is 0 Å². The molecule has 0 radical (unpaired) electrons. The van der Waals surface area contributed by atoms with Crippen LogP contribution in [0.3, 0.4) is 0 Å². The maximum Gasteiger partial charge on any atom is 0.264 e. The molecule has 158 valence electrons. The first kappa shape index (κ1) is 26.0. The van der Waals surface area contributed by atoms with Crippen molar-refractivity contribution in [3.63, 3.8) is 0 Å². The summed E-state index contributed by atoms with van der Waals surface area (Å²) in [6.45, 7) is 12.8. The first-order valence-electron chi connectivity index (χ1n) is 9.00. The Morgan fingerprint density at radius 2 is 1.65 bits per heavy atom. The molecular formula is C17H38O7SSi. The highest BCUT2D eigenvalue weighted by Crippen LogP contribution is 2.36. The van der Waals surface area contributed by atoms with E-state index in [1.807, 2.05) is 0 Å². The highest BCUT2D eigenvalue weighted by molar-refractivity contribution is 7.86. The molecule has 0 unspecified atom stereocenters. The van der Waals surface area contributed by atoms with Crippen molar-refractivity contribution in [1.29, 1.82) is 0 Å². The lowest BCUT2D eigenvalue weighted by Crippen LogP contribution is -2.42. The molecule has 0 rings (SSSR count). The molecule has 0 saturated carbocycles. The molecule has 0 aromatic heterocycles. The molecule has 0 amide bonds. The van der Waals surface area contributed by atoms with Crippen LogP contribution in [0.1, 0.15) is 47.0 Å². The van der Waals surface area contributed by atoms with Gasteiger partial charge in [-0.1, -0.05) is 20.8 Å². The summed E-state index contributed by atoms with van der Waals surface area (Å²) in [4.78, 5) is 0. The van der Waals surface area contributed by atoms with Crippen molar-refractivity contribution in [3.05, 3.63) is 0 Å². The quantitative estimate of drug-likeness (QED) is 0.281. The van der Waals surface area contributed by atoms with E-state index in [-0.39, 0.29) is 11.8 Å². The van der Waals surface area contributed by atoms with Gasteiger partial charge in [-0.2, -0.15) is 8.42 Å². The number of aliphatic hydroxyl groups excluding tert-OH is 1. The average molecular weight is 415 g/mol. The van der Waals surface area contributed by atoms with Crippen molar-refractivity contribution in [2.24, 2.45) is 0 Å². The Morgan fingerprint density at radius 3 is 2.08 bits per heavy atom. The molecule has 0 heterocycles. The summed E-state index contributed by atoms with van der Waals surface area (Å²) in [7, 11) is -4.09. The van der Waals surface area contributed by atoms with E-state index in [1.54, 1.807) is 6.92 Å². The highest BCUT2D eigenvalue weighted by Gasteiger charge is 2.37. The fraction of sp³-hybridized carbons (Fsp3) is 1.00. The first-order chi connectivity index (χ1) is 11.7. The van der Waals surface area contributed by atoms with Gasteiger partial charge in [0, 0.05) is 13.7 Å². The number of hydrogen-bond donors (Lipinski definition) is 1. The normalized spacial score (nSPS) is 17.1. The largest absolute Gasteiger partial charge is 0.417 e. The molecule has 3 atom stereocenters. The maximum absolute atomic E-state index is 11.7. The molecule has 0 aliphatic rings. The monoisotopic (exact) mass is 414 g/mol. The number of ether oxygens (including phenoxy) is 2. The van der Waals surface area contributed by atoms with Crippen molar-refractivity contribution in [2.45, 2.75) is 83.4 Å². The van der Waals surface area contributed by atoms with E-state index in [0.717, 1.165) is 6.26 Å². The van der Waals surface area contributed by atoms with Crippen LogP contribution in [-0.4, -0.2) is 66.9 Å². The highest BCUT2D eigenvalue weighted by atomic mass is 32.2. The average Bonchev–Trinajstić information content (AvgIpc) is 2.43. The van der Waals surface area contributed by atoms with Crippen molar-refractivity contribution in [1.82, 2.24) is 0 Å². The Kier molecular flexibility index (Phi) is 11.1. The minimum Gasteiger partial charge on any atom is -0.417 e. The molecule has 26 heavy (non-hydrogen) atoms. The molecule has 1 N–H and O–H groups in total. The Balaban J connectivity index is 5.09. The summed E-state index contributed by atoms with van der Waals surface area (Å²) in [5, 5.41) is 9.62. The summed E-state index contributed by atoms with van der Waals surface area (Å²) in [5.41, 5.74) is 0. The summed E-state index contributed by atoms with van der Waals surface area (Å²) in [6.07, 6.45) is 0.629. The van der Waals surface area contributed by atoms with E-state index in [0.29, 0.717) is 25.9 Å². The maximum atomic E-state index is 11.7. The Labute approximate surface area is 160 Å². The van der Waals surface area contributed by atoms with Gasteiger partial charge in [-0.15, -0.1) is 0 Å². The van der Waals surface area contributed by atoms with Gasteiger partial charge in [0.1, 0.15) is 12.9 Å². The van der Waals surface area contributed by atoms with Gasteiger partial charge >= 0.3 is 0 Å². The Hall–Kier alpha value is -0.0331. The summed E-state index contributed by atoms with van der Waals surface area (Å²) in [6, 6.07) is 0. The topological polar surface area (TPSA) is 91.3 Å². The van der Waals surface area contributed by atoms with Gasteiger partial charge in [-0.05, 0) is 44.3 Å². The molecule has 9 heteroatoms. The van der Waals surface area contributed by atoms with Gasteiger partial charge in [0.05, 0.1) is 18.5 Å². The second-order valence-corrected chi connectivity index (χ2v) is 14.7. The van der Waals surface area contributed by atoms with E-state index in [2.05, 4.69) is 33.9 Å². The smallest absolute Gasteiger partial charge is 0.264 e. The van der Waals surface area contributed by atoms with E-state index in [4.69, 9.17) is 18.1 Å². The van der Waals surface area contributed by atoms with Crippen LogP contribution in [0.4, 0.5) is 0 Å². The van der Waals surface area contributed by atoms with Crippen LogP contribution in [0.2, 0.25) is 18.1 Å². The summed E-state index contributed by atoms with van der Waals surface area (Å²) >= 11 is 0. The van der Waals surface area contributed by atoms with Crippen molar-refractivity contribution in [2.75, 3.05) is 26.8 Å². The third kappa shape index (κ3) is 11.0. The van der Waals surface area contributed by atoms with E-state index >= 15 is 0 Å². The molecule has 0 bridgehead atoms. The van der Waals surface area contributed by atoms with Crippen LogP contribution in [-0.2, 0) is 28.2 Å². The molecule has 0 aromatic rings. The standard InChI is InChI=1S/C17H38O7SSi/c1-14(18)9-10-15(22-13-21-5)16(24-25(6,19)20)11-12-23-26(7,8)17(2,3)4/h14-16,18H,9-13H2,1-8H3/t14-,15+,16+/m1/s1. The van der Waals surface area contributed by atoms with Gasteiger partial charge in [-0.25, -0.2) is 0 Å². The molecule has 0 fully saturated rings. The fourth-order valence-corrected chi connectivity index (χ4v) is 3.84. The zero-order valence-corrected chi connectivity index (χ0v) is 19.4. The second-order valence-electron chi connectivity index (χ2n) is 8.27. The number of hydrogen-bond acceptors (Lipinski definition) is 7. The predicted octanol–water partition coefficient (Wildman–Crippen LogP) is 2.89. The van der Waals surface area contributed by atoms with Gasteiger partial charge in [0.15, 0.2) is 8.32 Å². The Bertz CT molecular complexity index is 486. The summed E-state index contributed by atoms with van der Waals surface area (Å²) < 4.78 is 45.4. The molecule has 0 saturated heterocycles. The van der Waals surface area contributed by atoms with Crippen molar-refractivity contribution < 1.29 is 31.6 Å². The van der Waals surface area contributed by atoms with Crippen LogP contribution < -0.4 is 0 Å². The minimum absolute atomic E-state index is 0.0250. The Morgan fingerprint density at radius 1 is 1.08 bits per heavy atom. The van der Waals surface area contributed by atoms with Crippen LogP contribution in [0.15, 0.2) is 0 Å². The van der Waals surface area contributed by atoms with Gasteiger partial charge < -0.3 is 19.0 Å². The van der Waals surface area contributed by atoms with Crippen LogP contribution in [0.25, 0.3) is 0 Å². The van der Waals surface area contributed by atoms with Gasteiger partial charge in [-0.3, -0.25) is 4.18 Å². The minimum atomic E-state index is -3.65. The van der Waals surface area contributed by atoms with Crippen molar-refractivity contribution in [3.8, 4) is 0 Å². The lowest BCUT2D eigenvalue weighted by Gasteiger charge is -2.37. The second kappa shape index (κ2) is 11.1. The molecule has 0 aliphatic carbocycles. The molecule has 0 aromatic carbocycles. The lowest BCUT2D eigenvalue weighted by atomic mass is 10.0. The van der Waals surface area contributed by atoms with Gasteiger partial charge in [0.25, 0.3) is 10.1 Å². The molecular weight excluding hydrogens is 376 g/mol. The molecule has 0 aliphatic heterocycles. The van der Waals surface area contributed by atoms with Crippen LogP contribution in [0.5, 0.6) is 0 Å². The molecule has 0 spiro atoms. The summed E-state index contributed by atoms with van der Waals surface area (Å²) in [5.74, 6) is 0. The van der Waals surface area contributed by atoms with E-state index in [9.17, 15) is 13.5 Å². The number of methoxy groups -OCH3 is 1. The SMILES string of the molecule is COCO[C@@H](CC[C@@H](C)O)[C@H](CCO[Si](C)(C)C(C)(C)C)OS(C)(=O)=O. The third-order valence-corrected chi connectivity index (χ3v) is 9.79. The van der Waals surface area contributed by atoms with Crippen LogP contribution >= 0.6 is 0 Å².